The van der Waals surface area contributed by atoms with Crippen LogP contribution in [0, 0.1) is 11.8 Å². The molecule has 8 rings (SSSR count). The fourth-order valence-corrected chi connectivity index (χ4v) is 8.41. The number of carbonyl (C=O) groups is 3. The molecule has 2 fully saturated rings. The molecule has 0 radical (unpaired) electrons. The number of hydrogen-bond acceptors (Lipinski definition) is 3. The van der Waals surface area contributed by atoms with Gasteiger partial charge in [-0.25, -0.2) is 4.90 Å². The van der Waals surface area contributed by atoms with E-state index in [4.69, 9.17) is 0 Å². The van der Waals surface area contributed by atoms with Gasteiger partial charge in [0.05, 0.1) is 33.9 Å². The van der Waals surface area contributed by atoms with E-state index < -0.39 is 46.2 Å². The Kier molecular flexibility index (Phi) is 6.28. The van der Waals surface area contributed by atoms with Crippen LogP contribution in [0.1, 0.15) is 27.8 Å². The summed E-state index contributed by atoms with van der Waals surface area (Å²) in [6, 6.07) is 41.1. The van der Waals surface area contributed by atoms with E-state index in [0.29, 0.717) is 22.3 Å². The first-order chi connectivity index (χ1) is 22.7. The van der Waals surface area contributed by atoms with Gasteiger partial charge in [0, 0.05) is 0 Å². The molecule has 7 heteroatoms. The number of imide groups is 1. The van der Waals surface area contributed by atoms with Crippen LogP contribution >= 0.6 is 0 Å². The van der Waals surface area contributed by atoms with Crippen LogP contribution in [0.3, 0.4) is 0 Å². The first kappa shape index (κ1) is 28.9. The summed E-state index contributed by atoms with van der Waals surface area (Å²) in [6.45, 7) is 0. The molecule has 0 aromatic heterocycles. The maximum Gasteiger partial charge on any atom is 0.416 e. The molecule has 5 aromatic rings. The second-order valence-electron chi connectivity index (χ2n) is 12.2. The molecule has 2 bridgehead atoms. The SMILES string of the molecule is O=C1[C@@H]2[C@H](C(=O)N1c1cccc(C(F)(F)F)c1)[C@@]1(c3ccccc3)C(=O)[C@@]2(c2ccccc2)C(c2ccccc2)=C1c1ccccc1. The second-order valence-corrected chi connectivity index (χ2v) is 12.2. The van der Waals surface area contributed by atoms with Crippen molar-refractivity contribution in [1.82, 2.24) is 0 Å². The summed E-state index contributed by atoms with van der Waals surface area (Å²) in [5, 5.41) is 0. The number of nitrogens with zero attached hydrogens (tertiary/aromatic N) is 1. The van der Waals surface area contributed by atoms with E-state index in [9.17, 15) is 22.8 Å². The molecule has 0 unspecified atom stereocenters. The monoisotopic (exact) mass is 625 g/mol. The van der Waals surface area contributed by atoms with Crippen molar-refractivity contribution in [3.8, 4) is 0 Å². The number of ketones is 1. The van der Waals surface area contributed by atoms with Gasteiger partial charge in [-0.1, -0.05) is 127 Å². The number of benzene rings is 5. The zero-order valence-electron chi connectivity index (χ0n) is 24.8. The molecule has 1 saturated heterocycles. The fourth-order valence-electron chi connectivity index (χ4n) is 8.41. The Morgan fingerprint density at radius 3 is 1.32 bits per heavy atom. The highest BCUT2D eigenvalue weighted by Crippen LogP contribution is 2.74. The number of anilines is 1. The van der Waals surface area contributed by atoms with Crippen LogP contribution < -0.4 is 4.90 Å². The highest BCUT2D eigenvalue weighted by Gasteiger charge is 2.82. The summed E-state index contributed by atoms with van der Waals surface area (Å²) in [5.74, 6) is -4.13. The molecule has 4 nitrogen and oxygen atoms in total. The number of rotatable bonds is 5. The van der Waals surface area contributed by atoms with Crippen molar-refractivity contribution in [3.63, 3.8) is 0 Å². The smallest absolute Gasteiger partial charge is 0.297 e. The zero-order valence-corrected chi connectivity index (χ0v) is 24.8. The van der Waals surface area contributed by atoms with Gasteiger partial charge in [-0.05, 0) is 51.6 Å². The molecule has 1 aliphatic heterocycles. The number of amides is 2. The quantitative estimate of drug-likeness (QED) is 0.187. The van der Waals surface area contributed by atoms with Gasteiger partial charge in [0.1, 0.15) is 0 Å². The van der Waals surface area contributed by atoms with Crippen LogP contribution in [0.15, 0.2) is 146 Å². The lowest BCUT2D eigenvalue weighted by molar-refractivity contribution is -0.137. The Bertz CT molecular complexity index is 1970. The maximum absolute atomic E-state index is 15.8. The average Bonchev–Trinajstić information content (AvgIpc) is 3.61. The lowest BCUT2D eigenvalue weighted by atomic mass is 9.59. The van der Waals surface area contributed by atoms with Crippen molar-refractivity contribution in [2.24, 2.45) is 11.8 Å². The Morgan fingerprint density at radius 2 is 0.915 bits per heavy atom. The topological polar surface area (TPSA) is 54.5 Å². The predicted octanol–water partition coefficient (Wildman–Crippen LogP) is 7.89. The minimum Gasteiger partial charge on any atom is -0.297 e. The van der Waals surface area contributed by atoms with Crippen LogP contribution in [-0.2, 0) is 31.4 Å². The number of halogens is 3. The number of carbonyl (C=O) groups excluding carboxylic acids is 3. The Hall–Kier alpha value is -5.56. The van der Waals surface area contributed by atoms with Crippen LogP contribution in [0.5, 0.6) is 0 Å². The Balaban J connectivity index is 1.52. The van der Waals surface area contributed by atoms with E-state index in [1.807, 2.05) is 72.8 Å². The molecule has 2 aliphatic carbocycles. The average molecular weight is 626 g/mol. The van der Waals surface area contributed by atoms with Gasteiger partial charge in [-0.2, -0.15) is 13.2 Å². The van der Waals surface area contributed by atoms with Crippen molar-refractivity contribution in [2.45, 2.75) is 17.0 Å². The van der Waals surface area contributed by atoms with Crippen molar-refractivity contribution in [3.05, 3.63) is 173 Å². The second kappa shape index (κ2) is 10.2. The first-order valence-corrected chi connectivity index (χ1v) is 15.3. The third-order valence-electron chi connectivity index (χ3n) is 10.0. The van der Waals surface area contributed by atoms with Crippen LogP contribution in [0.2, 0.25) is 0 Å². The van der Waals surface area contributed by atoms with Crippen LogP contribution in [-0.4, -0.2) is 17.6 Å². The highest BCUT2D eigenvalue weighted by atomic mass is 19.4. The van der Waals surface area contributed by atoms with Crippen molar-refractivity contribution >= 4 is 34.4 Å². The molecular weight excluding hydrogens is 599 g/mol. The molecule has 3 aliphatic rings. The number of hydrogen-bond donors (Lipinski definition) is 0. The largest absolute Gasteiger partial charge is 0.416 e. The van der Waals surface area contributed by atoms with Crippen LogP contribution in [0.25, 0.3) is 11.1 Å². The molecule has 230 valence electrons. The molecule has 1 saturated carbocycles. The summed E-state index contributed by atoms with van der Waals surface area (Å²) in [4.78, 5) is 46.5. The molecule has 0 N–H and O–H groups in total. The van der Waals surface area contributed by atoms with Gasteiger partial charge in [0.2, 0.25) is 11.8 Å². The van der Waals surface area contributed by atoms with E-state index >= 15 is 4.79 Å². The van der Waals surface area contributed by atoms with Gasteiger partial charge < -0.3 is 0 Å². The van der Waals surface area contributed by atoms with Gasteiger partial charge in [0.25, 0.3) is 0 Å². The summed E-state index contributed by atoms with van der Waals surface area (Å²) in [7, 11) is 0. The van der Waals surface area contributed by atoms with E-state index in [1.165, 1.54) is 12.1 Å². The molecule has 4 atom stereocenters. The molecule has 5 aromatic carbocycles. The van der Waals surface area contributed by atoms with E-state index in [-0.39, 0.29) is 11.5 Å². The van der Waals surface area contributed by atoms with Gasteiger partial charge >= 0.3 is 6.18 Å². The lowest BCUT2D eigenvalue weighted by Gasteiger charge is -2.39. The molecule has 47 heavy (non-hydrogen) atoms. The highest BCUT2D eigenvalue weighted by molar-refractivity contribution is 6.39. The van der Waals surface area contributed by atoms with Crippen LogP contribution in [0.4, 0.5) is 18.9 Å². The summed E-state index contributed by atoms with van der Waals surface area (Å²) < 4.78 is 41.6. The fraction of sp³-hybridized carbons (Fsp3) is 0.125. The molecule has 2 amide bonds. The standard InChI is InChI=1S/C40H26F3NO3/c41-40(42,43)29-22-13-23-30(24-29)44-35(45)33-34(36(44)46)39(28-20-11-4-12-21-28)32(26-16-7-2-8-17-26)31(25-14-5-1-6-15-25)38(33,37(39)47)27-18-9-3-10-19-27/h1-24,33-34H/t33-,34+,38-,39-/m0/s1. The number of allylic oxidation sites excluding steroid dienone is 2. The van der Waals surface area contributed by atoms with Crippen molar-refractivity contribution < 1.29 is 27.6 Å². The number of Topliss-reactive ketones (excluding diaryl/α,β-unsaturated/α-hetero) is 1. The molecule has 0 spiro atoms. The van der Waals surface area contributed by atoms with Crippen molar-refractivity contribution in [1.29, 1.82) is 0 Å². The number of fused-ring (bicyclic) bond motifs is 5. The summed E-state index contributed by atoms with van der Waals surface area (Å²) >= 11 is 0. The predicted molar refractivity (Wildman–Crippen MR) is 172 cm³/mol. The summed E-state index contributed by atoms with van der Waals surface area (Å²) in [6.07, 6.45) is -4.69. The van der Waals surface area contributed by atoms with E-state index in [0.717, 1.165) is 28.2 Å². The zero-order chi connectivity index (χ0) is 32.6. The Morgan fingerprint density at radius 1 is 0.511 bits per heavy atom. The minimum absolute atomic E-state index is 0.176. The maximum atomic E-state index is 15.8. The van der Waals surface area contributed by atoms with Gasteiger partial charge in [-0.3, -0.25) is 14.4 Å². The third-order valence-corrected chi connectivity index (χ3v) is 10.0. The van der Waals surface area contributed by atoms with E-state index in [2.05, 4.69) is 0 Å². The first-order valence-electron chi connectivity index (χ1n) is 15.3. The number of alkyl halides is 3. The molecular formula is C40H26F3NO3. The summed E-state index contributed by atoms with van der Waals surface area (Å²) in [5.41, 5.74) is -0.621. The third kappa shape index (κ3) is 3.74. The van der Waals surface area contributed by atoms with Crippen molar-refractivity contribution in [2.75, 3.05) is 4.90 Å². The van der Waals surface area contributed by atoms with Gasteiger partial charge in [-0.15, -0.1) is 0 Å². The lowest BCUT2D eigenvalue weighted by Crippen LogP contribution is -2.45. The molecule has 1 heterocycles. The minimum atomic E-state index is -4.69. The normalized spacial score (nSPS) is 25.1. The van der Waals surface area contributed by atoms with Gasteiger partial charge in [0.15, 0.2) is 5.78 Å². The van der Waals surface area contributed by atoms with E-state index in [1.54, 1.807) is 48.5 Å². The Labute approximate surface area is 268 Å².